The molecular formula is C49H67N11O10. The Morgan fingerprint density at radius 3 is 1.16 bits per heavy atom. The molecule has 70 heavy (non-hydrogen) atoms. The molecule has 0 unspecified atom stereocenters. The average Bonchev–Trinajstić information content (AvgIpc) is 3.24. The molecular weight excluding hydrogens is 903 g/mol. The molecule has 0 spiro atoms. The minimum atomic E-state index is -0.834. The van der Waals surface area contributed by atoms with Gasteiger partial charge >= 0.3 is 24.4 Å². The van der Waals surface area contributed by atoms with Gasteiger partial charge in [0.25, 0.3) is 11.8 Å². The van der Waals surface area contributed by atoms with E-state index in [0.717, 1.165) is 11.4 Å². The van der Waals surface area contributed by atoms with Crippen LogP contribution in [0.2, 0.25) is 0 Å². The number of amides is 6. The first-order valence-corrected chi connectivity index (χ1v) is 23.0. The van der Waals surface area contributed by atoms with E-state index in [1.807, 2.05) is 24.3 Å². The SMILES string of the molecule is CC(C)(C)OC(=O)N=C(NC(=O)OC(C)(C)C)N1CCN(c2ccc(NC(=O)c3ccc(C(=O)Nc4ccc(N5CCN(C(=NC(=O)OC(C)(C)C)NC(=O)OC(C)(C)C)CC5)cc4)nc3)cc2)CC1. The molecule has 2 fully saturated rings. The number of rotatable bonds is 6. The lowest BCUT2D eigenvalue weighted by molar-refractivity contribution is 0.0535. The third-order valence-electron chi connectivity index (χ3n) is 9.80. The van der Waals surface area contributed by atoms with E-state index in [0.29, 0.717) is 63.7 Å². The lowest BCUT2D eigenvalue weighted by atomic mass is 10.2. The molecule has 2 aliphatic rings. The van der Waals surface area contributed by atoms with E-state index in [4.69, 9.17) is 18.9 Å². The third-order valence-corrected chi connectivity index (χ3v) is 9.80. The number of anilines is 4. The Kier molecular flexibility index (Phi) is 17.1. The Bertz CT molecular complexity index is 2230. The Morgan fingerprint density at radius 2 is 0.829 bits per heavy atom. The standard InChI is InChI=1S/C49H67N11O10/c1-46(2,3)67-42(63)53-40(54-43(64)68-47(4,5)6)59-27-23-57(24-28-59)35-18-14-33(15-19-35)51-38(61)32-13-22-37(50-31-32)39(62)52-34-16-20-36(21-17-34)58-25-29-60(30-26-58)41(55-44(65)69-48(7,8)9)56-45(66)70-49(10,11)12/h13-22,31H,23-30H2,1-12H3,(H,51,61)(H,52,62)(H,53,54,63,64)(H,55,56,65,66). The van der Waals surface area contributed by atoms with Crippen LogP contribution in [0.4, 0.5) is 41.9 Å². The van der Waals surface area contributed by atoms with Crippen LogP contribution in [-0.2, 0) is 18.9 Å². The fraction of sp³-hybridized carbons (Fsp3) is 0.490. The summed E-state index contributed by atoms with van der Waals surface area (Å²) in [5, 5.41) is 10.9. The molecule has 6 amide bonds. The summed E-state index contributed by atoms with van der Waals surface area (Å²) in [6, 6.07) is 17.6. The van der Waals surface area contributed by atoms with Gasteiger partial charge in [0.2, 0.25) is 11.9 Å². The van der Waals surface area contributed by atoms with Crippen molar-refractivity contribution in [1.82, 2.24) is 25.4 Å². The van der Waals surface area contributed by atoms with Gasteiger partial charge in [-0.25, -0.2) is 19.2 Å². The quantitative estimate of drug-likeness (QED) is 0.107. The lowest BCUT2D eigenvalue weighted by Gasteiger charge is -2.37. The highest BCUT2D eigenvalue weighted by Crippen LogP contribution is 2.23. The normalized spacial score (nSPS) is 15.1. The number of aromatic nitrogens is 1. The second-order valence-corrected chi connectivity index (χ2v) is 20.5. The largest absolute Gasteiger partial charge is 0.444 e. The van der Waals surface area contributed by atoms with Crippen molar-refractivity contribution >= 4 is 70.9 Å². The van der Waals surface area contributed by atoms with Crippen LogP contribution >= 0.6 is 0 Å². The number of aliphatic imine (C=N–C) groups is 2. The summed E-state index contributed by atoms with van der Waals surface area (Å²) in [4.78, 5) is 96.9. The number of ether oxygens (including phenoxy) is 4. The number of piperazine rings is 2. The molecule has 3 heterocycles. The predicted molar refractivity (Wildman–Crippen MR) is 267 cm³/mol. The predicted octanol–water partition coefficient (Wildman–Crippen LogP) is 7.46. The van der Waals surface area contributed by atoms with Crippen molar-refractivity contribution in [2.45, 2.75) is 105 Å². The molecule has 3 aromatic rings. The van der Waals surface area contributed by atoms with Gasteiger partial charge in [-0.3, -0.25) is 25.2 Å². The van der Waals surface area contributed by atoms with Gasteiger partial charge in [-0.15, -0.1) is 9.98 Å². The molecule has 2 saturated heterocycles. The van der Waals surface area contributed by atoms with Crippen LogP contribution in [-0.4, -0.2) is 138 Å². The molecule has 4 N–H and O–H groups in total. The van der Waals surface area contributed by atoms with Crippen molar-refractivity contribution in [2.75, 3.05) is 72.8 Å². The van der Waals surface area contributed by atoms with Gasteiger partial charge < -0.3 is 49.2 Å². The van der Waals surface area contributed by atoms with Gasteiger partial charge in [0.1, 0.15) is 28.1 Å². The minimum absolute atomic E-state index is 0.0395. The summed E-state index contributed by atoms with van der Waals surface area (Å²) in [5.41, 5.74) is 0.230. The monoisotopic (exact) mass is 970 g/mol. The molecule has 5 rings (SSSR count). The van der Waals surface area contributed by atoms with Crippen LogP contribution in [0.5, 0.6) is 0 Å². The Hall–Kier alpha value is -7.45. The van der Waals surface area contributed by atoms with E-state index in [9.17, 15) is 28.8 Å². The first-order valence-electron chi connectivity index (χ1n) is 23.0. The number of carbonyl (C=O) groups is 6. The molecule has 21 heteroatoms. The molecule has 21 nitrogen and oxygen atoms in total. The Labute approximate surface area is 409 Å². The topological polar surface area (TPSA) is 238 Å². The molecule has 2 aliphatic heterocycles. The van der Waals surface area contributed by atoms with Crippen molar-refractivity contribution < 1.29 is 47.7 Å². The molecule has 378 valence electrons. The zero-order chi connectivity index (χ0) is 51.6. The maximum Gasteiger partial charge on any atom is 0.437 e. The van der Waals surface area contributed by atoms with Crippen LogP contribution in [0.15, 0.2) is 76.8 Å². The number of nitrogens with zero attached hydrogens (tertiary/aromatic N) is 7. The Balaban J connectivity index is 1.10. The molecule has 0 radical (unpaired) electrons. The van der Waals surface area contributed by atoms with Crippen LogP contribution in [0.25, 0.3) is 0 Å². The number of benzene rings is 2. The number of alkyl carbamates (subject to hydrolysis) is 2. The summed E-state index contributed by atoms with van der Waals surface area (Å²) in [6.07, 6.45) is -1.81. The molecule has 0 aliphatic carbocycles. The van der Waals surface area contributed by atoms with Crippen molar-refractivity contribution in [3.63, 3.8) is 0 Å². The third kappa shape index (κ3) is 17.6. The number of hydrogen-bond acceptors (Lipinski definition) is 13. The lowest BCUT2D eigenvalue weighted by Crippen LogP contribution is -2.54. The molecule has 0 atom stereocenters. The van der Waals surface area contributed by atoms with Crippen LogP contribution < -0.4 is 31.1 Å². The summed E-state index contributed by atoms with van der Waals surface area (Å²) in [5.74, 6) is -0.779. The number of nitrogens with one attached hydrogen (secondary N) is 4. The van der Waals surface area contributed by atoms with Gasteiger partial charge in [-0.2, -0.15) is 0 Å². The van der Waals surface area contributed by atoms with Crippen molar-refractivity contribution in [3.8, 4) is 0 Å². The van der Waals surface area contributed by atoms with Crippen LogP contribution in [0, 0.1) is 0 Å². The number of hydrogen-bond donors (Lipinski definition) is 4. The number of pyridine rings is 1. The summed E-state index contributed by atoms with van der Waals surface area (Å²) in [6.45, 7) is 24.7. The van der Waals surface area contributed by atoms with E-state index < -0.39 is 58.6 Å². The van der Waals surface area contributed by atoms with Gasteiger partial charge in [0.15, 0.2) is 0 Å². The summed E-state index contributed by atoms with van der Waals surface area (Å²) >= 11 is 0. The fourth-order valence-corrected chi connectivity index (χ4v) is 6.81. The van der Waals surface area contributed by atoms with E-state index in [2.05, 4.69) is 46.0 Å². The fourth-order valence-electron chi connectivity index (χ4n) is 6.81. The molecule has 0 bridgehead atoms. The van der Waals surface area contributed by atoms with E-state index in [-0.39, 0.29) is 23.2 Å². The van der Waals surface area contributed by atoms with Crippen molar-refractivity contribution in [1.29, 1.82) is 0 Å². The van der Waals surface area contributed by atoms with Crippen molar-refractivity contribution in [2.24, 2.45) is 9.98 Å². The van der Waals surface area contributed by atoms with Crippen LogP contribution in [0.1, 0.15) is 104 Å². The first-order chi connectivity index (χ1) is 32.6. The smallest absolute Gasteiger partial charge is 0.437 e. The Morgan fingerprint density at radius 1 is 0.471 bits per heavy atom. The minimum Gasteiger partial charge on any atom is -0.444 e. The van der Waals surface area contributed by atoms with Gasteiger partial charge in [0, 0.05) is 81.3 Å². The highest BCUT2D eigenvalue weighted by molar-refractivity contribution is 6.06. The van der Waals surface area contributed by atoms with Gasteiger partial charge in [-0.05, 0) is 144 Å². The number of carbonyl (C=O) groups excluding carboxylic acids is 6. The van der Waals surface area contributed by atoms with Gasteiger partial charge in [-0.1, -0.05) is 0 Å². The molecule has 0 saturated carbocycles. The number of guanidine groups is 2. The second-order valence-electron chi connectivity index (χ2n) is 20.5. The maximum atomic E-state index is 13.2. The summed E-state index contributed by atoms with van der Waals surface area (Å²) in [7, 11) is 0. The molecule has 2 aromatic carbocycles. The van der Waals surface area contributed by atoms with Gasteiger partial charge in [0.05, 0.1) is 5.56 Å². The maximum absolute atomic E-state index is 13.2. The zero-order valence-electron chi connectivity index (χ0n) is 42.2. The van der Waals surface area contributed by atoms with E-state index in [1.165, 1.54) is 18.3 Å². The van der Waals surface area contributed by atoms with Crippen molar-refractivity contribution in [3.05, 3.63) is 78.1 Å². The highest BCUT2D eigenvalue weighted by Gasteiger charge is 2.28. The van der Waals surface area contributed by atoms with E-state index in [1.54, 1.807) is 117 Å². The summed E-state index contributed by atoms with van der Waals surface area (Å²) < 4.78 is 21.5. The first kappa shape index (κ1) is 53.5. The van der Waals surface area contributed by atoms with E-state index >= 15 is 0 Å². The highest BCUT2D eigenvalue weighted by atomic mass is 16.6. The second kappa shape index (κ2) is 22.3. The zero-order valence-corrected chi connectivity index (χ0v) is 42.2. The van der Waals surface area contributed by atoms with Crippen LogP contribution in [0.3, 0.4) is 0 Å². The molecule has 1 aromatic heterocycles. The average molecular weight is 970 g/mol.